The molecule has 1 aliphatic heterocycles. The summed E-state index contributed by atoms with van der Waals surface area (Å²) in [5, 5.41) is 10.9. The second-order valence-electron chi connectivity index (χ2n) is 6.08. The summed E-state index contributed by atoms with van der Waals surface area (Å²) in [7, 11) is 0. The Labute approximate surface area is 126 Å². The Hall–Kier alpha value is -2.30. The molecule has 0 fully saturated rings. The molecule has 5 heteroatoms. The summed E-state index contributed by atoms with van der Waals surface area (Å²) in [4.78, 5) is 24.6. The zero-order valence-electron chi connectivity index (χ0n) is 12.3. The van der Waals surface area contributed by atoms with Crippen molar-refractivity contribution in [3.63, 3.8) is 0 Å². The topological polar surface area (TPSA) is 76.7 Å². The minimum atomic E-state index is -0.401. The van der Waals surface area contributed by atoms with Crippen molar-refractivity contribution in [1.82, 2.24) is 0 Å². The quantitative estimate of drug-likeness (QED) is 0.757. The van der Waals surface area contributed by atoms with Gasteiger partial charge in [-0.05, 0) is 38.2 Å². The molecule has 2 heterocycles. The highest BCUT2D eigenvalue weighted by Gasteiger charge is 2.31. The molecule has 0 amide bonds. The molecule has 0 saturated heterocycles. The summed E-state index contributed by atoms with van der Waals surface area (Å²) in [5.74, 6) is 0.197. The molecule has 1 aliphatic carbocycles. The van der Waals surface area contributed by atoms with Crippen LogP contribution in [0.15, 0.2) is 15.3 Å². The van der Waals surface area contributed by atoms with E-state index >= 15 is 0 Å². The molecule has 5 nitrogen and oxygen atoms in total. The van der Waals surface area contributed by atoms with Crippen LogP contribution in [-0.2, 0) is 12.8 Å². The lowest BCUT2D eigenvalue weighted by Gasteiger charge is -2.24. The lowest BCUT2D eigenvalue weighted by atomic mass is 9.88. The second kappa shape index (κ2) is 4.60. The number of phenols is 1. The molecule has 1 unspecified atom stereocenters. The molecule has 1 atom stereocenters. The first-order valence-corrected chi connectivity index (χ1v) is 7.60. The van der Waals surface area contributed by atoms with Crippen LogP contribution in [0.2, 0.25) is 0 Å². The van der Waals surface area contributed by atoms with E-state index in [9.17, 15) is 14.7 Å². The van der Waals surface area contributed by atoms with Crippen LogP contribution in [-0.4, -0.2) is 17.0 Å². The van der Waals surface area contributed by atoms with Gasteiger partial charge in [0, 0.05) is 18.1 Å². The Morgan fingerprint density at radius 1 is 1.18 bits per heavy atom. The molecule has 22 heavy (non-hydrogen) atoms. The number of hydrogen-bond donors (Lipinski definition) is 1. The van der Waals surface area contributed by atoms with E-state index in [1.165, 1.54) is 6.07 Å². The third-order valence-electron chi connectivity index (χ3n) is 4.52. The van der Waals surface area contributed by atoms with Crippen LogP contribution >= 0.6 is 0 Å². The van der Waals surface area contributed by atoms with E-state index in [2.05, 4.69) is 0 Å². The Balaban J connectivity index is 2.13. The maximum Gasteiger partial charge on any atom is 0.339 e. The number of fused-ring (bicyclic) bond motifs is 5. The number of benzene rings is 1. The van der Waals surface area contributed by atoms with Crippen molar-refractivity contribution in [1.29, 1.82) is 0 Å². The van der Waals surface area contributed by atoms with Crippen molar-refractivity contribution in [2.24, 2.45) is 0 Å². The molecule has 4 rings (SSSR count). The second-order valence-corrected chi connectivity index (χ2v) is 6.08. The third kappa shape index (κ3) is 1.78. The summed E-state index contributed by atoms with van der Waals surface area (Å²) in [6, 6.07) is 1.47. The fraction of sp³-hybridized carbons (Fsp3) is 0.412. The molecule has 1 aromatic carbocycles. The predicted molar refractivity (Wildman–Crippen MR) is 79.8 cm³/mol. The number of aromatic hydroxyl groups is 1. The van der Waals surface area contributed by atoms with Crippen molar-refractivity contribution in [2.75, 3.05) is 0 Å². The Bertz CT molecular complexity index is 862. The lowest BCUT2D eigenvalue weighted by Crippen LogP contribution is -2.25. The van der Waals surface area contributed by atoms with Gasteiger partial charge in [0.25, 0.3) is 0 Å². The van der Waals surface area contributed by atoms with Crippen LogP contribution in [0.5, 0.6) is 11.5 Å². The van der Waals surface area contributed by atoms with E-state index in [0.29, 0.717) is 23.1 Å². The normalized spacial score (nSPS) is 20.4. The SMILES string of the molecule is CC1CC(=O)c2c(cc(O)c3c4c(c(=O)oc23)CCCC4)O1. The Kier molecular flexibility index (Phi) is 2.79. The van der Waals surface area contributed by atoms with Gasteiger partial charge in [0.1, 0.15) is 23.2 Å². The molecule has 0 saturated carbocycles. The van der Waals surface area contributed by atoms with Gasteiger partial charge in [0.05, 0.1) is 5.39 Å². The first-order chi connectivity index (χ1) is 10.6. The van der Waals surface area contributed by atoms with Crippen molar-refractivity contribution in [2.45, 2.75) is 45.1 Å². The molecular weight excluding hydrogens is 284 g/mol. The van der Waals surface area contributed by atoms with Gasteiger partial charge in [-0.15, -0.1) is 0 Å². The fourth-order valence-corrected chi connectivity index (χ4v) is 3.55. The van der Waals surface area contributed by atoms with Crippen molar-refractivity contribution in [3.05, 3.63) is 33.2 Å². The van der Waals surface area contributed by atoms with Gasteiger partial charge >= 0.3 is 5.63 Å². The van der Waals surface area contributed by atoms with E-state index < -0.39 is 5.63 Å². The van der Waals surface area contributed by atoms with E-state index in [-0.39, 0.29) is 35.2 Å². The molecule has 2 aliphatic rings. The highest BCUT2D eigenvalue weighted by atomic mass is 16.5. The third-order valence-corrected chi connectivity index (χ3v) is 4.52. The number of ether oxygens (including phenoxy) is 1. The molecule has 0 spiro atoms. The van der Waals surface area contributed by atoms with Crippen molar-refractivity contribution >= 4 is 16.8 Å². The molecule has 114 valence electrons. The molecule has 1 aromatic heterocycles. The summed E-state index contributed by atoms with van der Waals surface area (Å²) < 4.78 is 11.1. The minimum absolute atomic E-state index is 0.0116. The van der Waals surface area contributed by atoms with Crippen molar-refractivity contribution < 1.29 is 19.1 Å². The summed E-state index contributed by atoms with van der Waals surface area (Å²) >= 11 is 0. The number of phenolic OH excluding ortho intramolecular Hbond substituents is 1. The Morgan fingerprint density at radius 2 is 1.91 bits per heavy atom. The van der Waals surface area contributed by atoms with Gasteiger partial charge in [0.2, 0.25) is 0 Å². The van der Waals surface area contributed by atoms with Gasteiger partial charge in [-0.25, -0.2) is 4.79 Å². The molecular formula is C17H16O5. The van der Waals surface area contributed by atoms with Crippen molar-refractivity contribution in [3.8, 4) is 11.5 Å². The first-order valence-electron chi connectivity index (χ1n) is 7.60. The maximum atomic E-state index is 12.4. The van der Waals surface area contributed by atoms with Gasteiger partial charge < -0.3 is 14.3 Å². The number of carbonyl (C=O) groups excluding carboxylic acids is 1. The van der Waals surface area contributed by atoms with Crippen LogP contribution in [0.4, 0.5) is 0 Å². The molecule has 1 N–H and O–H groups in total. The van der Waals surface area contributed by atoms with Gasteiger partial charge in [0.15, 0.2) is 11.4 Å². The monoisotopic (exact) mass is 300 g/mol. The average molecular weight is 300 g/mol. The zero-order valence-corrected chi connectivity index (χ0v) is 12.3. The highest BCUT2D eigenvalue weighted by Crippen LogP contribution is 2.41. The standard InChI is InChI=1S/C17H16O5/c1-8-6-11(18)15-13(21-8)7-12(19)14-9-4-2-3-5-10(9)17(20)22-16(14)15/h7-8,19H,2-6H2,1H3. The van der Waals surface area contributed by atoms with Gasteiger partial charge in [-0.3, -0.25) is 4.79 Å². The van der Waals surface area contributed by atoms with E-state index in [4.69, 9.17) is 9.15 Å². The van der Waals surface area contributed by atoms with Gasteiger partial charge in [-0.2, -0.15) is 0 Å². The smallest absolute Gasteiger partial charge is 0.339 e. The number of hydrogen-bond acceptors (Lipinski definition) is 5. The number of Topliss-reactive ketones (excluding diaryl/α,β-unsaturated/α-hetero) is 1. The number of ketones is 1. The number of carbonyl (C=O) groups is 1. The molecule has 2 aromatic rings. The fourth-order valence-electron chi connectivity index (χ4n) is 3.55. The number of aryl methyl sites for hydroxylation is 1. The van der Waals surface area contributed by atoms with Crippen LogP contribution in [0, 0.1) is 0 Å². The first kappa shape index (κ1) is 13.4. The van der Waals surface area contributed by atoms with E-state index in [1.54, 1.807) is 6.92 Å². The minimum Gasteiger partial charge on any atom is -0.507 e. The van der Waals surface area contributed by atoms with E-state index in [1.807, 2.05) is 0 Å². The zero-order chi connectivity index (χ0) is 15.4. The summed E-state index contributed by atoms with van der Waals surface area (Å²) in [6.45, 7) is 1.80. The maximum absolute atomic E-state index is 12.4. The molecule has 0 bridgehead atoms. The van der Waals surface area contributed by atoms with E-state index in [0.717, 1.165) is 24.8 Å². The average Bonchev–Trinajstić information content (AvgIpc) is 2.46. The van der Waals surface area contributed by atoms with Crippen LogP contribution in [0.1, 0.15) is 47.7 Å². The summed E-state index contributed by atoms with van der Waals surface area (Å²) in [5.41, 5.74) is 1.52. The largest absolute Gasteiger partial charge is 0.507 e. The van der Waals surface area contributed by atoms with Crippen LogP contribution < -0.4 is 10.4 Å². The van der Waals surface area contributed by atoms with Crippen LogP contribution in [0.25, 0.3) is 11.0 Å². The molecule has 0 radical (unpaired) electrons. The Morgan fingerprint density at radius 3 is 2.68 bits per heavy atom. The van der Waals surface area contributed by atoms with Gasteiger partial charge in [-0.1, -0.05) is 0 Å². The number of rotatable bonds is 0. The predicted octanol–water partition coefficient (Wildman–Crippen LogP) is 2.73. The van der Waals surface area contributed by atoms with Crippen LogP contribution in [0.3, 0.4) is 0 Å². The summed E-state index contributed by atoms with van der Waals surface area (Å²) in [6.07, 6.45) is 3.27. The lowest BCUT2D eigenvalue weighted by molar-refractivity contribution is 0.0871. The highest BCUT2D eigenvalue weighted by molar-refractivity contribution is 6.11.